The molecule has 2 aromatic carbocycles. The van der Waals surface area contributed by atoms with Crippen molar-refractivity contribution in [1.82, 2.24) is 29.7 Å². The fourth-order valence-electron chi connectivity index (χ4n) is 9.16. The minimum absolute atomic E-state index is 0.0105. The molecule has 2 unspecified atom stereocenters. The fourth-order valence-corrected chi connectivity index (χ4v) is 11.7. The van der Waals surface area contributed by atoms with Crippen LogP contribution in [-0.2, 0) is 48.4 Å². The Labute approximate surface area is 401 Å². The molecule has 0 saturated heterocycles. The lowest BCUT2D eigenvalue weighted by Crippen LogP contribution is -2.32. The lowest BCUT2D eigenvalue weighted by Gasteiger charge is -2.24. The van der Waals surface area contributed by atoms with Crippen LogP contribution in [0, 0.1) is 11.8 Å². The van der Waals surface area contributed by atoms with Crippen LogP contribution in [0.1, 0.15) is 68.8 Å². The van der Waals surface area contributed by atoms with Crippen LogP contribution >= 0.6 is 22.7 Å². The van der Waals surface area contributed by atoms with Crippen molar-refractivity contribution in [2.24, 2.45) is 32.7 Å². The fraction of sp³-hybridized carbons (Fsp3) is 0.417. The highest BCUT2D eigenvalue weighted by Gasteiger charge is 2.32. The predicted octanol–water partition coefficient (Wildman–Crippen LogP) is 7.93. The highest BCUT2D eigenvalue weighted by Crippen LogP contribution is 2.44. The SMILES string of the molecule is CN(C)C(=O)C1CCc2c(sc3ncnc(Nc4cc5c(cc4OCCCN)CN=C5)c23)C1.CN(C)C(=O)C1CCc2c(sc3ncnc(Nc4cc5c(cc4OCCCN=[N+]=[N-])CN=C5)c23)C1. The molecule has 68 heavy (non-hydrogen) atoms. The Hall–Kier alpha value is -6.73. The molecule has 4 aliphatic rings. The number of nitrogens with zero attached hydrogens (tertiary/aromatic N) is 11. The second kappa shape index (κ2) is 20.6. The molecule has 6 aromatic rings. The number of nitrogens with two attached hydrogens (primary N) is 1. The molecule has 0 spiro atoms. The van der Waals surface area contributed by atoms with Crippen molar-refractivity contribution in [3.05, 3.63) is 90.5 Å². The van der Waals surface area contributed by atoms with Crippen LogP contribution in [0.25, 0.3) is 30.9 Å². The third-order valence-corrected chi connectivity index (χ3v) is 14.9. The monoisotopic (exact) mass is 954 g/mol. The molecule has 4 N–H and O–H groups in total. The Morgan fingerprint density at radius 2 is 1.24 bits per heavy atom. The second-order valence-corrected chi connectivity index (χ2v) is 19.8. The van der Waals surface area contributed by atoms with Gasteiger partial charge in [0.1, 0.15) is 45.5 Å². The Kier molecular flexibility index (Phi) is 14.1. The number of aryl methyl sites for hydroxylation is 2. The summed E-state index contributed by atoms with van der Waals surface area (Å²) < 4.78 is 12.1. The number of azide groups is 1. The van der Waals surface area contributed by atoms with E-state index in [0.717, 1.165) is 116 Å². The molecule has 352 valence electrons. The minimum Gasteiger partial charge on any atom is -0.491 e. The average molecular weight is 955 g/mol. The quantitative estimate of drug-likeness (QED) is 0.0387. The van der Waals surface area contributed by atoms with E-state index in [2.05, 4.69) is 62.7 Å². The van der Waals surface area contributed by atoms with Gasteiger partial charge in [-0.15, -0.1) is 22.7 Å². The van der Waals surface area contributed by atoms with Crippen molar-refractivity contribution in [3.63, 3.8) is 0 Å². The van der Waals surface area contributed by atoms with Gasteiger partial charge in [-0.1, -0.05) is 5.11 Å². The van der Waals surface area contributed by atoms with E-state index >= 15 is 0 Å². The van der Waals surface area contributed by atoms with Crippen LogP contribution in [0.15, 0.2) is 52.0 Å². The van der Waals surface area contributed by atoms with Gasteiger partial charge in [-0.25, -0.2) is 19.9 Å². The summed E-state index contributed by atoms with van der Waals surface area (Å²) >= 11 is 3.32. The Morgan fingerprint density at radius 3 is 1.69 bits per heavy atom. The van der Waals surface area contributed by atoms with Crippen molar-refractivity contribution in [3.8, 4) is 11.5 Å². The van der Waals surface area contributed by atoms with Crippen LogP contribution in [-0.4, -0.2) is 108 Å². The molecule has 18 nitrogen and oxygen atoms in total. The first kappa shape index (κ1) is 46.4. The number of carbonyl (C=O) groups is 2. The van der Waals surface area contributed by atoms with Gasteiger partial charge in [0, 0.05) is 73.7 Å². The average Bonchev–Trinajstić information content (AvgIpc) is 4.16. The lowest BCUT2D eigenvalue weighted by molar-refractivity contribution is -0.134. The Bertz CT molecular complexity index is 2990. The van der Waals surface area contributed by atoms with E-state index in [9.17, 15) is 9.59 Å². The van der Waals surface area contributed by atoms with Crippen LogP contribution < -0.4 is 25.8 Å². The molecular weight excluding hydrogens is 901 g/mol. The summed E-state index contributed by atoms with van der Waals surface area (Å²) in [5.74, 6) is 3.41. The number of aliphatic imine (C=N–C) groups is 2. The highest BCUT2D eigenvalue weighted by molar-refractivity contribution is 7.19. The van der Waals surface area contributed by atoms with Crippen molar-refractivity contribution < 1.29 is 19.1 Å². The number of ether oxygens (including phenoxy) is 2. The van der Waals surface area contributed by atoms with Crippen molar-refractivity contribution in [1.29, 1.82) is 0 Å². The summed E-state index contributed by atoms with van der Waals surface area (Å²) in [6, 6.07) is 8.17. The highest BCUT2D eigenvalue weighted by atomic mass is 32.1. The Balaban J connectivity index is 0.000000170. The van der Waals surface area contributed by atoms with Gasteiger partial charge in [0.05, 0.1) is 48.5 Å². The molecule has 0 fully saturated rings. The Morgan fingerprint density at radius 1 is 0.750 bits per heavy atom. The molecule has 2 aliphatic heterocycles. The molecule has 6 heterocycles. The van der Waals surface area contributed by atoms with E-state index in [1.54, 1.807) is 45.1 Å². The van der Waals surface area contributed by atoms with E-state index in [1.165, 1.54) is 20.9 Å². The number of nitrogens with one attached hydrogen (secondary N) is 2. The van der Waals surface area contributed by atoms with E-state index in [-0.39, 0.29) is 23.7 Å². The molecule has 20 heteroatoms. The summed E-state index contributed by atoms with van der Waals surface area (Å²) in [5.41, 5.74) is 22.7. The van der Waals surface area contributed by atoms with Crippen molar-refractivity contribution in [2.45, 2.75) is 64.5 Å². The van der Waals surface area contributed by atoms with Gasteiger partial charge in [-0.3, -0.25) is 19.6 Å². The first-order valence-corrected chi connectivity index (χ1v) is 24.5. The normalized spacial score (nSPS) is 16.2. The van der Waals surface area contributed by atoms with Crippen LogP contribution in [0.2, 0.25) is 0 Å². The third-order valence-electron chi connectivity index (χ3n) is 12.6. The lowest BCUT2D eigenvalue weighted by atomic mass is 9.87. The summed E-state index contributed by atoms with van der Waals surface area (Å²) in [4.78, 5) is 62.6. The molecular formula is C48H54N14O4S2. The predicted molar refractivity (Wildman–Crippen MR) is 269 cm³/mol. The molecule has 0 saturated carbocycles. The largest absolute Gasteiger partial charge is 0.491 e. The smallest absolute Gasteiger partial charge is 0.225 e. The summed E-state index contributed by atoms with van der Waals surface area (Å²) in [7, 11) is 7.28. The number of rotatable bonds is 15. The molecule has 0 radical (unpaired) electrons. The third kappa shape index (κ3) is 9.80. The first-order chi connectivity index (χ1) is 33.1. The summed E-state index contributed by atoms with van der Waals surface area (Å²) in [6.07, 6.45) is 13.2. The van der Waals surface area contributed by atoms with Gasteiger partial charge < -0.3 is 35.6 Å². The van der Waals surface area contributed by atoms with E-state index in [0.29, 0.717) is 51.6 Å². The maximum atomic E-state index is 12.5. The number of aromatic nitrogens is 4. The van der Waals surface area contributed by atoms with Gasteiger partial charge in [0.25, 0.3) is 0 Å². The molecule has 0 bridgehead atoms. The number of anilines is 4. The van der Waals surface area contributed by atoms with E-state index < -0.39 is 0 Å². The zero-order valence-electron chi connectivity index (χ0n) is 38.6. The van der Waals surface area contributed by atoms with Gasteiger partial charge in [0.2, 0.25) is 11.8 Å². The summed E-state index contributed by atoms with van der Waals surface area (Å²) in [5, 5.41) is 12.7. The summed E-state index contributed by atoms with van der Waals surface area (Å²) in [6.45, 7) is 3.26. The second-order valence-electron chi connectivity index (χ2n) is 17.6. The van der Waals surface area contributed by atoms with Crippen molar-refractivity contribution >= 4 is 90.4 Å². The maximum absolute atomic E-state index is 12.5. The maximum Gasteiger partial charge on any atom is 0.225 e. The van der Waals surface area contributed by atoms with Gasteiger partial charge in [-0.2, -0.15) is 0 Å². The first-order valence-electron chi connectivity index (χ1n) is 22.9. The zero-order chi connectivity index (χ0) is 47.3. The number of thiophene rings is 2. The standard InChI is InChI=1S/C24H26N8O2S.C24H28N6O2S/c1-32(2)24(33)14-4-5-17-20(10-14)35-23-21(17)22(27-13-28-23)30-18-8-15-11-26-12-16(15)9-19(18)34-7-3-6-29-31-25;1-30(2)24(31)14-4-5-17-20(10-14)33-23-21(17)22(27-13-28-23)29-18-8-15-11-26-12-16(15)9-19(18)32-7-3-6-25/h8-9,11,13-14H,3-7,10,12H2,1-2H3,(H,27,28,30);8-9,11,13-14H,3-7,10,12,25H2,1-2H3,(H,27,28,29). The van der Waals surface area contributed by atoms with E-state index in [1.807, 2.05) is 52.8 Å². The molecule has 4 aromatic heterocycles. The molecule has 10 rings (SSSR count). The van der Waals surface area contributed by atoms with Crippen LogP contribution in [0.3, 0.4) is 0 Å². The topological polar surface area (TPSA) is 234 Å². The molecule has 2 atom stereocenters. The number of amides is 2. The number of hydrogen-bond acceptors (Lipinski definition) is 16. The van der Waals surface area contributed by atoms with E-state index in [4.69, 9.17) is 20.7 Å². The van der Waals surface area contributed by atoms with Gasteiger partial charge >= 0.3 is 0 Å². The van der Waals surface area contributed by atoms with Crippen molar-refractivity contribution in [2.75, 3.05) is 65.1 Å². The van der Waals surface area contributed by atoms with Gasteiger partial charge in [0.15, 0.2) is 0 Å². The molecule has 2 amide bonds. The molecule has 2 aliphatic carbocycles. The minimum atomic E-state index is 0.0105. The van der Waals surface area contributed by atoms with Crippen LogP contribution in [0.4, 0.5) is 23.0 Å². The van der Waals surface area contributed by atoms with Gasteiger partial charge in [-0.05, 0) is 121 Å². The number of carbonyl (C=O) groups excluding carboxylic acids is 2. The zero-order valence-corrected chi connectivity index (χ0v) is 40.3. The van der Waals surface area contributed by atoms with Crippen LogP contribution in [0.5, 0.6) is 11.5 Å². The number of hydrogen-bond donors (Lipinski definition) is 3. The number of benzene rings is 2. The number of fused-ring (bicyclic) bond motifs is 8.